The highest BCUT2D eigenvalue weighted by Gasteiger charge is 2.39. The third kappa shape index (κ3) is 3.57. The molecule has 0 radical (unpaired) electrons. The molecule has 1 aliphatic heterocycles. The van der Waals surface area contributed by atoms with Crippen LogP contribution < -0.4 is 10.5 Å². The first-order chi connectivity index (χ1) is 10.3. The van der Waals surface area contributed by atoms with Crippen LogP contribution in [0.4, 0.5) is 4.39 Å². The number of halogens is 2. The number of nitrogens with two attached hydrogens (primary N) is 1. The van der Waals surface area contributed by atoms with Gasteiger partial charge in [-0.3, -0.25) is 4.79 Å². The fraction of sp³-hybridized carbons (Fsp3) is 0.462. The van der Waals surface area contributed by atoms with Crippen molar-refractivity contribution in [1.82, 2.24) is 4.72 Å². The van der Waals surface area contributed by atoms with Gasteiger partial charge in [0.25, 0.3) is 0 Å². The van der Waals surface area contributed by atoms with Crippen molar-refractivity contribution in [3.8, 4) is 0 Å². The summed E-state index contributed by atoms with van der Waals surface area (Å²) in [6.07, 6.45) is 0.685. The molecule has 0 saturated carbocycles. The highest BCUT2D eigenvalue weighted by Crippen LogP contribution is 2.30. The highest BCUT2D eigenvalue weighted by molar-refractivity contribution is 7.89. The van der Waals surface area contributed by atoms with Gasteiger partial charge in [0.05, 0.1) is 15.3 Å². The van der Waals surface area contributed by atoms with Crippen molar-refractivity contribution in [2.45, 2.75) is 17.7 Å². The van der Waals surface area contributed by atoms with E-state index in [1.54, 1.807) is 0 Å². The Labute approximate surface area is 132 Å². The maximum Gasteiger partial charge on any atom is 0.240 e. The summed E-state index contributed by atoms with van der Waals surface area (Å²) in [5, 5.41) is -0.293. The van der Waals surface area contributed by atoms with Gasteiger partial charge in [-0.15, -0.1) is 0 Å². The molecule has 1 fully saturated rings. The molecular formula is C13H16ClFN2O4S. The molecule has 1 amide bonds. The molecular weight excluding hydrogens is 335 g/mol. The van der Waals surface area contributed by atoms with Crippen molar-refractivity contribution in [3.63, 3.8) is 0 Å². The van der Waals surface area contributed by atoms with E-state index in [0.717, 1.165) is 18.2 Å². The molecule has 1 aliphatic rings. The quantitative estimate of drug-likeness (QED) is 0.828. The number of rotatable bonds is 5. The number of amides is 1. The van der Waals surface area contributed by atoms with Crippen molar-refractivity contribution < 1.29 is 22.3 Å². The van der Waals surface area contributed by atoms with Crippen LogP contribution in [0.3, 0.4) is 0 Å². The molecule has 1 aromatic rings. The average Bonchev–Trinajstić information content (AvgIpc) is 2.49. The van der Waals surface area contributed by atoms with E-state index in [4.69, 9.17) is 22.1 Å². The Balaban J connectivity index is 2.17. The van der Waals surface area contributed by atoms with Crippen LogP contribution in [-0.4, -0.2) is 34.1 Å². The second-order valence-electron chi connectivity index (χ2n) is 5.16. The fourth-order valence-electron chi connectivity index (χ4n) is 2.23. The lowest BCUT2D eigenvalue weighted by molar-refractivity contribution is -0.132. The summed E-state index contributed by atoms with van der Waals surface area (Å²) >= 11 is 5.59. The minimum absolute atomic E-state index is 0.136. The number of carbonyl (C=O) groups is 1. The zero-order valence-corrected chi connectivity index (χ0v) is 13.2. The van der Waals surface area contributed by atoms with Gasteiger partial charge in [-0.1, -0.05) is 11.6 Å². The third-order valence-electron chi connectivity index (χ3n) is 3.77. The molecule has 22 heavy (non-hydrogen) atoms. The lowest BCUT2D eigenvalue weighted by Gasteiger charge is -2.34. The number of hydrogen-bond donors (Lipinski definition) is 2. The largest absolute Gasteiger partial charge is 0.381 e. The molecule has 9 heteroatoms. The van der Waals surface area contributed by atoms with E-state index >= 15 is 0 Å². The number of sulfonamides is 1. The molecule has 0 bridgehead atoms. The van der Waals surface area contributed by atoms with Gasteiger partial charge in [0.15, 0.2) is 0 Å². The van der Waals surface area contributed by atoms with Crippen LogP contribution in [0, 0.1) is 11.2 Å². The number of ether oxygens (including phenoxy) is 1. The van der Waals surface area contributed by atoms with Crippen molar-refractivity contribution >= 4 is 27.5 Å². The van der Waals surface area contributed by atoms with Crippen molar-refractivity contribution in [1.29, 1.82) is 0 Å². The van der Waals surface area contributed by atoms with E-state index in [-0.39, 0.29) is 16.5 Å². The summed E-state index contributed by atoms with van der Waals surface area (Å²) in [4.78, 5) is 11.5. The summed E-state index contributed by atoms with van der Waals surface area (Å²) in [6, 6.07) is 3.08. The van der Waals surface area contributed by atoms with E-state index in [1.807, 2.05) is 0 Å². The van der Waals surface area contributed by atoms with Crippen molar-refractivity contribution in [2.24, 2.45) is 11.1 Å². The first-order valence-corrected chi connectivity index (χ1v) is 8.45. The molecule has 6 nitrogen and oxygen atoms in total. The van der Waals surface area contributed by atoms with E-state index in [1.165, 1.54) is 0 Å². The molecule has 0 aromatic heterocycles. The minimum atomic E-state index is -3.92. The molecule has 1 aromatic carbocycles. The van der Waals surface area contributed by atoms with E-state index in [9.17, 15) is 17.6 Å². The Kier molecular flexibility index (Phi) is 5.06. The Morgan fingerprint density at radius 1 is 1.41 bits per heavy atom. The molecule has 2 rings (SSSR count). The molecule has 1 heterocycles. The minimum Gasteiger partial charge on any atom is -0.381 e. The van der Waals surface area contributed by atoms with Crippen LogP contribution in [-0.2, 0) is 19.6 Å². The zero-order valence-electron chi connectivity index (χ0n) is 11.6. The van der Waals surface area contributed by atoms with Crippen LogP contribution in [0.2, 0.25) is 5.02 Å². The second-order valence-corrected chi connectivity index (χ2v) is 7.33. The molecule has 122 valence electrons. The zero-order chi connectivity index (χ0) is 16.4. The number of carbonyl (C=O) groups excluding carboxylic acids is 1. The van der Waals surface area contributed by atoms with Gasteiger partial charge in [-0.05, 0) is 31.0 Å². The normalized spacial score (nSPS) is 18.1. The topological polar surface area (TPSA) is 98.5 Å². The van der Waals surface area contributed by atoms with Gasteiger partial charge >= 0.3 is 0 Å². The van der Waals surface area contributed by atoms with Crippen LogP contribution in [0.15, 0.2) is 23.1 Å². The first kappa shape index (κ1) is 17.1. The van der Waals surface area contributed by atoms with Crippen LogP contribution >= 0.6 is 11.6 Å². The SMILES string of the molecule is NC(=O)C1(CNS(=O)(=O)c2ccc(F)c(Cl)c2)CCOCC1. The molecule has 0 spiro atoms. The molecule has 0 unspecified atom stereocenters. The maximum absolute atomic E-state index is 13.1. The Bertz CT molecular complexity index is 675. The van der Waals surface area contributed by atoms with E-state index in [0.29, 0.717) is 26.1 Å². The molecule has 1 saturated heterocycles. The summed E-state index contributed by atoms with van der Waals surface area (Å²) in [7, 11) is -3.92. The summed E-state index contributed by atoms with van der Waals surface area (Å²) in [6.45, 7) is 0.545. The first-order valence-electron chi connectivity index (χ1n) is 6.59. The van der Waals surface area contributed by atoms with Gasteiger partial charge in [-0.25, -0.2) is 17.5 Å². The third-order valence-corrected chi connectivity index (χ3v) is 5.46. The molecule has 0 aliphatic carbocycles. The average molecular weight is 351 g/mol. The Morgan fingerprint density at radius 3 is 2.59 bits per heavy atom. The highest BCUT2D eigenvalue weighted by atomic mass is 35.5. The van der Waals surface area contributed by atoms with Crippen molar-refractivity contribution in [3.05, 3.63) is 29.0 Å². The Hall–Kier alpha value is -1.22. The summed E-state index contributed by atoms with van der Waals surface area (Å²) < 4.78 is 45.1. The van der Waals surface area contributed by atoms with Crippen LogP contribution in [0.25, 0.3) is 0 Å². The number of benzene rings is 1. The predicted octanol–water partition coefficient (Wildman–Crippen LogP) is 1.04. The summed E-state index contributed by atoms with van der Waals surface area (Å²) in [5.74, 6) is -1.28. The number of nitrogens with one attached hydrogen (secondary N) is 1. The van der Waals surface area contributed by atoms with Gasteiger partial charge < -0.3 is 10.5 Å². The van der Waals surface area contributed by atoms with Crippen LogP contribution in [0.5, 0.6) is 0 Å². The second kappa shape index (κ2) is 6.49. The number of hydrogen-bond acceptors (Lipinski definition) is 4. The predicted molar refractivity (Wildman–Crippen MR) is 78.3 cm³/mol. The Morgan fingerprint density at radius 2 is 2.05 bits per heavy atom. The van der Waals surface area contributed by atoms with Gasteiger partial charge in [-0.2, -0.15) is 0 Å². The molecule has 0 atom stereocenters. The van der Waals surface area contributed by atoms with Crippen LogP contribution in [0.1, 0.15) is 12.8 Å². The summed E-state index contributed by atoms with van der Waals surface area (Å²) in [5.41, 5.74) is 4.44. The van der Waals surface area contributed by atoms with E-state index in [2.05, 4.69) is 4.72 Å². The standard InChI is InChI=1S/C13H16ClFN2O4S/c14-10-7-9(1-2-11(10)15)22(19,20)17-8-13(12(16)18)3-5-21-6-4-13/h1-2,7,17H,3-6,8H2,(H2,16,18). The van der Waals surface area contributed by atoms with Gasteiger partial charge in [0, 0.05) is 19.8 Å². The lowest BCUT2D eigenvalue weighted by Crippen LogP contribution is -2.49. The lowest BCUT2D eigenvalue weighted by atomic mass is 9.80. The van der Waals surface area contributed by atoms with E-state index < -0.39 is 27.2 Å². The smallest absolute Gasteiger partial charge is 0.240 e. The van der Waals surface area contributed by atoms with Crippen molar-refractivity contribution in [2.75, 3.05) is 19.8 Å². The monoisotopic (exact) mass is 350 g/mol. The number of primary amides is 1. The fourth-order valence-corrected chi connectivity index (χ4v) is 3.63. The maximum atomic E-state index is 13.1. The van der Waals surface area contributed by atoms with Gasteiger partial charge in [0.1, 0.15) is 5.82 Å². The molecule has 3 N–H and O–H groups in total. The van der Waals surface area contributed by atoms with Gasteiger partial charge in [0.2, 0.25) is 15.9 Å².